The maximum Gasteiger partial charge on any atom is 0.356 e. The number of likely N-dealkylation sites (N-methyl/N-ethyl adjacent to an activating group) is 1. The predicted molar refractivity (Wildman–Crippen MR) is 68.9 cm³/mol. The number of nitrogens with zero attached hydrogens (tertiary/aromatic N) is 5. The highest BCUT2D eigenvalue weighted by molar-refractivity contribution is 5.85. The number of amides is 1. The van der Waals surface area contributed by atoms with Gasteiger partial charge in [-0.25, -0.2) is 4.79 Å². The summed E-state index contributed by atoms with van der Waals surface area (Å²) in [5, 5.41) is 16.6. The molecule has 0 bridgehead atoms. The summed E-state index contributed by atoms with van der Waals surface area (Å²) in [5.41, 5.74) is 0.850. The van der Waals surface area contributed by atoms with E-state index in [4.69, 9.17) is 5.11 Å². The minimum Gasteiger partial charge on any atom is -0.476 e. The van der Waals surface area contributed by atoms with Crippen molar-refractivity contribution in [1.82, 2.24) is 24.5 Å². The first-order valence-corrected chi connectivity index (χ1v) is 5.94. The Kier molecular flexibility index (Phi) is 3.83. The Balaban J connectivity index is 1.94. The minimum absolute atomic E-state index is 0.00401. The van der Waals surface area contributed by atoms with E-state index in [0.717, 1.165) is 5.56 Å². The Morgan fingerprint density at radius 3 is 2.75 bits per heavy atom. The number of carbonyl (C=O) groups excluding carboxylic acids is 1. The third-order valence-corrected chi connectivity index (χ3v) is 2.76. The van der Waals surface area contributed by atoms with Crippen LogP contribution in [0.15, 0.2) is 24.7 Å². The molecule has 8 nitrogen and oxygen atoms in total. The van der Waals surface area contributed by atoms with Crippen LogP contribution in [-0.4, -0.2) is 48.5 Å². The van der Waals surface area contributed by atoms with E-state index in [1.165, 1.54) is 16.9 Å². The first-order valence-electron chi connectivity index (χ1n) is 5.94. The van der Waals surface area contributed by atoms with Gasteiger partial charge in [-0.3, -0.25) is 14.2 Å². The van der Waals surface area contributed by atoms with Gasteiger partial charge in [-0.05, 0) is 6.07 Å². The molecule has 0 aliphatic carbocycles. The highest BCUT2D eigenvalue weighted by Gasteiger charge is 2.13. The number of carbonyl (C=O) groups is 2. The van der Waals surface area contributed by atoms with Crippen LogP contribution in [0.2, 0.25) is 0 Å². The number of hydrogen-bond donors (Lipinski definition) is 1. The van der Waals surface area contributed by atoms with Gasteiger partial charge in [-0.2, -0.15) is 10.2 Å². The second-order valence-corrected chi connectivity index (χ2v) is 4.48. The van der Waals surface area contributed by atoms with Crippen LogP contribution >= 0.6 is 0 Å². The summed E-state index contributed by atoms with van der Waals surface area (Å²) in [6.07, 6.45) is 5.00. The van der Waals surface area contributed by atoms with Crippen LogP contribution in [0.25, 0.3) is 0 Å². The molecule has 1 amide bonds. The quantitative estimate of drug-likeness (QED) is 0.828. The standard InChI is InChI=1S/C12H15N5O3/c1-15(6-9-5-13-16(2)7-9)11(18)8-17-4-3-10(14-17)12(19)20/h3-5,7H,6,8H2,1-2H3,(H,19,20). The maximum atomic E-state index is 12.0. The third-order valence-electron chi connectivity index (χ3n) is 2.76. The predicted octanol–water partition coefficient (Wildman–Crippen LogP) is -0.0266. The fraction of sp³-hybridized carbons (Fsp3) is 0.333. The van der Waals surface area contributed by atoms with Crippen LogP contribution in [0, 0.1) is 0 Å². The Morgan fingerprint density at radius 2 is 2.20 bits per heavy atom. The first-order chi connectivity index (χ1) is 9.45. The van der Waals surface area contributed by atoms with Crippen molar-refractivity contribution in [3.05, 3.63) is 35.9 Å². The van der Waals surface area contributed by atoms with Crippen molar-refractivity contribution in [2.45, 2.75) is 13.1 Å². The molecule has 0 aromatic carbocycles. The van der Waals surface area contributed by atoms with Crippen molar-refractivity contribution in [1.29, 1.82) is 0 Å². The molecule has 1 N–H and O–H groups in total. The lowest BCUT2D eigenvalue weighted by molar-refractivity contribution is -0.131. The van der Waals surface area contributed by atoms with Gasteiger partial charge in [0, 0.05) is 38.6 Å². The topological polar surface area (TPSA) is 93.2 Å². The van der Waals surface area contributed by atoms with Gasteiger partial charge in [-0.15, -0.1) is 0 Å². The van der Waals surface area contributed by atoms with Gasteiger partial charge >= 0.3 is 5.97 Å². The van der Waals surface area contributed by atoms with Crippen LogP contribution in [-0.2, 0) is 24.9 Å². The number of carboxylic acids is 1. The van der Waals surface area contributed by atoms with E-state index in [1.807, 2.05) is 13.2 Å². The van der Waals surface area contributed by atoms with Gasteiger partial charge in [0.15, 0.2) is 5.69 Å². The highest BCUT2D eigenvalue weighted by Crippen LogP contribution is 2.03. The molecule has 0 aliphatic heterocycles. The van der Waals surface area contributed by atoms with Crippen LogP contribution in [0.1, 0.15) is 16.1 Å². The van der Waals surface area contributed by atoms with Gasteiger partial charge in [0.2, 0.25) is 5.91 Å². The van der Waals surface area contributed by atoms with Gasteiger partial charge in [0.1, 0.15) is 6.54 Å². The van der Waals surface area contributed by atoms with Crippen molar-refractivity contribution < 1.29 is 14.7 Å². The zero-order valence-corrected chi connectivity index (χ0v) is 11.2. The zero-order chi connectivity index (χ0) is 14.7. The molecule has 0 atom stereocenters. The monoisotopic (exact) mass is 277 g/mol. The lowest BCUT2D eigenvalue weighted by atomic mass is 10.3. The zero-order valence-electron chi connectivity index (χ0n) is 11.2. The molecule has 2 heterocycles. The van der Waals surface area contributed by atoms with Crippen LogP contribution in [0.5, 0.6) is 0 Å². The molecule has 0 unspecified atom stereocenters. The summed E-state index contributed by atoms with van der Waals surface area (Å²) in [6.45, 7) is 0.448. The van der Waals surface area contributed by atoms with E-state index in [1.54, 1.807) is 22.8 Å². The summed E-state index contributed by atoms with van der Waals surface area (Å²) in [5.74, 6) is -1.27. The maximum absolute atomic E-state index is 12.0. The van der Waals surface area contributed by atoms with Crippen LogP contribution in [0.4, 0.5) is 0 Å². The second kappa shape index (κ2) is 5.55. The first kappa shape index (κ1) is 13.8. The van der Waals surface area contributed by atoms with E-state index in [0.29, 0.717) is 6.54 Å². The highest BCUT2D eigenvalue weighted by atomic mass is 16.4. The number of aromatic nitrogens is 4. The molecule has 0 radical (unpaired) electrons. The minimum atomic E-state index is -1.11. The average Bonchev–Trinajstić information content (AvgIpc) is 2.98. The second-order valence-electron chi connectivity index (χ2n) is 4.48. The van der Waals surface area contributed by atoms with Gasteiger partial charge in [0.05, 0.1) is 6.20 Å². The molecule has 0 saturated heterocycles. The molecule has 2 aromatic heterocycles. The van der Waals surface area contributed by atoms with E-state index in [-0.39, 0.29) is 18.1 Å². The van der Waals surface area contributed by atoms with E-state index in [2.05, 4.69) is 10.2 Å². The SMILES string of the molecule is CN(Cc1cnn(C)c1)C(=O)Cn1ccc(C(=O)O)n1. The fourth-order valence-electron chi connectivity index (χ4n) is 1.74. The molecule has 2 rings (SSSR count). The Bertz CT molecular complexity index is 631. The number of rotatable bonds is 5. The largest absolute Gasteiger partial charge is 0.476 e. The molecule has 0 aliphatic rings. The van der Waals surface area contributed by atoms with Gasteiger partial charge < -0.3 is 10.0 Å². The number of carboxylic acid groups (broad SMARTS) is 1. The molecule has 106 valence electrons. The number of aromatic carboxylic acids is 1. The van der Waals surface area contributed by atoms with Crippen molar-refractivity contribution >= 4 is 11.9 Å². The summed E-state index contributed by atoms with van der Waals surface area (Å²) in [4.78, 5) is 24.2. The molecule has 2 aromatic rings. The van der Waals surface area contributed by atoms with Gasteiger partial charge in [0.25, 0.3) is 0 Å². The smallest absolute Gasteiger partial charge is 0.356 e. The van der Waals surface area contributed by atoms with Crippen molar-refractivity contribution in [2.75, 3.05) is 7.05 Å². The Hall–Kier alpha value is -2.64. The van der Waals surface area contributed by atoms with Crippen molar-refractivity contribution in [2.24, 2.45) is 7.05 Å². The molecule has 20 heavy (non-hydrogen) atoms. The van der Waals surface area contributed by atoms with E-state index in [9.17, 15) is 9.59 Å². The lowest BCUT2D eigenvalue weighted by Crippen LogP contribution is -2.29. The molecular weight excluding hydrogens is 262 g/mol. The van der Waals surface area contributed by atoms with E-state index < -0.39 is 5.97 Å². The average molecular weight is 277 g/mol. The number of hydrogen-bond acceptors (Lipinski definition) is 4. The van der Waals surface area contributed by atoms with Crippen LogP contribution < -0.4 is 0 Å². The molecule has 0 spiro atoms. The fourth-order valence-corrected chi connectivity index (χ4v) is 1.74. The number of aryl methyl sites for hydroxylation is 1. The summed E-state index contributed by atoms with van der Waals surface area (Å²) >= 11 is 0. The van der Waals surface area contributed by atoms with E-state index >= 15 is 0 Å². The third kappa shape index (κ3) is 3.22. The molecule has 0 fully saturated rings. The normalized spacial score (nSPS) is 10.5. The summed E-state index contributed by atoms with van der Waals surface area (Å²) < 4.78 is 2.98. The van der Waals surface area contributed by atoms with Crippen molar-refractivity contribution in [3.63, 3.8) is 0 Å². The van der Waals surface area contributed by atoms with Gasteiger partial charge in [-0.1, -0.05) is 0 Å². The Morgan fingerprint density at radius 1 is 1.45 bits per heavy atom. The summed E-state index contributed by atoms with van der Waals surface area (Å²) in [6, 6.07) is 1.36. The molecule has 0 saturated carbocycles. The van der Waals surface area contributed by atoms with Crippen molar-refractivity contribution in [3.8, 4) is 0 Å². The lowest BCUT2D eigenvalue weighted by Gasteiger charge is -2.16. The Labute approximate surface area is 115 Å². The van der Waals surface area contributed by atoms with Crippen LogP contribution in [0.3, 0.4) is 0 Å². The molecular formula is C12H15N5O3. The molecule has 8 heteroatoms. The summed E-state index contributed by atoms with van der Waals surface area (Å²) in [7, 11) is 3.49.